The van der Waals surface area contributed by atoms with Crippen LogP contribution in [0.2, 0.25) is 0 Å². The number of aliphatic carboxylic acids is 1. The second-order valence-corrected chi connectivity index (χ2v) is 5.24. The highest BCUT2D eigenvalue weighted by Crippen LogP contribution is 2.19. The summed E-state index contributed by atoms with van der Waals surface area (Å²) in [6.45, 7) is 5.33. The summed E-state index contributed by atoms with van der Waals surface area (Å²) in [5.74, 6) is -1.32. The Hall–Kier alpha value is -1.91. The van der Waals surface area contributed by atoms with Crippen LogP contribution in [-0.2, 0) is 16.0 Å². The summed E-state index contributed by atoms with van der Waals surface area (Å²) in [5, 5.41) is 11.6. The third-order valence-electron chi connectivity index (χ3n) is 2.53. The monoisotopic (exact) mass is 250 g/mol. The smallest absolute Gasteiger partial charge is 0.326 e. The highest BCUT2D eigenvalue weighted by Gasteiger charge is 2.32. The van der Waals surface area contributed by atoms with Gasteiger partial charge < -0.3 is 10.4 Å². The van der Waals surface area contributed by atoms with Gasteiger partial charge in [-0.2, -0.15) is 0 Å². The minimum Gasteiger partial charge on any atom is -0.480 e. The van der Waals surface area contributed by atoms with Gasteiger partial charge in [0.2, 0.25) is 5.91 Å². The molecule has 0 saturated carbocycles. The minimum atomic E-state index is -1.02. The molecule has 5 nitrogen and oxygen atoms in total. The molecule has 1 rings (SSSR count). The molecule has 0 bridgehead atoms. The summed E-state index contributed by atoms with van der Waals surface area (Å²) in [6, 6.07) is 2.56. The summed E-state index contributed by atoms with van der Waals surface area (Å²) < 4.78 is 0. The van der Waals surface area contributed by atoms with E-state index in [1.807, 2.05) is 0 Å². The molecule has 0 aliphatic rings. The largest absolute Gasteiger partial charge is 0.480 e. The van der Waals surface area contributed by atoms with Crippen LogP contribution in [0.15, 0.2) is 24.5 Å². The third kappa shape index (κ3) is 4.16. The van der Waals surface area contributed by atoms with Crippen molar-refractivity contribution in [2.45, 2.75) is 33.2 Å². The first-order valence-corrected chi connectivity index (χ1v) is 5.72. The number of hydrogen-bond donors (Lipinski definition) is 2. The van der Waals surface area contributed by atoms with Crippen LogP contribution >= 0.6 is 0 Å². The first-order valence-electron chi connectivity index (χ1n) is 5.72. The molecule has 1 aromatic heterocycles. The van der Waals surface area contributed by atoms with Gasteiger partial charge in [0.25, 0.3) is 0 Å². The summed E-state index contributed by atoms with van der Waals surface area (Å²) in [7, 11) is 0. The van der Waals surface area contributed by atoms with E-state index >= 15 is 0 Å². The van der Waals surface area contributed by atoms with Gasteiger partial charge in [-0.05, 0) is 23.1 Å². The van der Waals surface area contributed by atoms with Crippen molar-refractivity contribution in [1.29, 1.82) is 0 Å². The van der Waals surface area contributed by atoms with Gasteiger partial charge in [-0.3, -0.25) is 9.78 Å². The maximum atomic E-state index is 11.8. The molecule has 98 valence electrons. The molecule has 0 aliphatic carbocycles. The van der Waals surface area contributed by atoms with E-state index in [1.165, 1.54) is 0 Å². The number of carboxylic acids is 1. The molecule has 0 aliphatic heterocycles. The van der Waals surface area contributed by atoms with Gasteiger partial charge in [-0.1, -0.05) is 20.8 Å². The summed E-state index contributed by atoms with van der Waals surface area (Å²) in [4.78, 5) is 26.7. The van der Waals surface area contributed by atoms with Crippen LogP contribution in [0.3, 0.4) is 0 Å². The molecule has 18 heavy (non-hydrogen) atoms. The molecular formula is C13H18N2O3. The third-order valence-corrected chi connectivity index (χ3v) is 2.53. The van der Waals surface area contributed by atoms with Gasteiger partial charge in [-0.25, -0.2) is 4.79 Å². The van der Waals surface area contributed by atoms with Crippen molar-refractivity contribution in [3.63, 3.8) is 0 Å². The molecule has 1 amide bonds. The summed E-state index contributed by atoms with van der Waals surface area (Å²) >= 11 is 0. The normalized spacial score (nSPS) is 12.8. The zero-order chi connectivity index (χ0) is 13.8. The number of amides is 1. The number of hydrogen-bond acceptors (Lipinski definition) is 3. The van der Waals surface area contributed by atoms with E-state index in [0.717, 1.165) is 5.56 Å². The number of carboxylic acid groups (broad SMARTS) is 1. The average molecular weight is 250 g/mol. The number of pyridine rings is 1. The topological polar surface area (TPSA) is 79.3 Å². The number of carbonyl (C=O) groups excluding carboxylic acids is 1. The second kappa shape index (κ2) is 5.62. The van der Waals surface area contributed by atoms with Crippen LogP contribution in [0.4, 0.5) is 0 Å². The maximum Gasteiger partial charge on any atom is 0.326 e. The van der Waals surface area contributed by atoms with Gasteiger partial charge in [0.1, 0.15) is 6.04 Å². The van der Waals surface area contributed by atoms with E-state index < -0.39 is 17.4 Å². The van der Waals surface area contributed by atoms with Crippen molar-refractivity contribution in [1.82, 2.24) is 10.3 Å². The summed E-state index contributed by atoms with van der Waals surface area (Å²) in [5.41, 5.74) is 0.278. The Kier molecular flexibility index (Phi) is 4.42. The lowest BCUT2D eigenvalue weighted by Crippen LogP contribution is -2.49. The van der Waals surface area contributed by atoms with E-state index in [2.05, 4.69) is 10.3 Å². The number of rotatable bonds is 4. The first-order chi connectivity index (χ1) is 8.30. The Morgan fingerprint density at radius 2 is 1.89 bits per heavy atom. The average Bonchev–Trinajstić information content (AvgIpc) is 2.25. The van der Waals surface area contributed by atoms with Crippen LogP contribution in [-0.4, -0.2) is 28.0 Å². The zero-order valence-corrected chi connectivity index (χ0v) is 10.8. The van der Waals surface area contributed by atoms with Crippen molar-refractivity contribution in [2.24, 2.45) is 5.41 Å². The van der Waals surface area contributed by atoms with Crippen molar-refractivity contribution in [3.05, 3.63) is 30.1 Å². The van der Waals surface area contributed by atoms with Crippen LogP contribution in [0, 0.1) is 5.41 Å². The van der Waals surface area contributed by atoms with E-state index in [1.54, 1.807) is 45.3 Å². The summed E-state index contributed by atoms with van der Waals surface area (Å²) in [6.07, 6.45) is 3.35. The van der Waals surface area contributed by atoms with E-state index in [-0.39, 0.29) is 12.3 Å². The molecule has 0 spiro atoms. The fraction of sp³-hybridized carbons (Fsp3) is 0.462. The molecule has 2 N–H and O–H groups in total. The predicted octanol–water partition coefficient (Wildman–Crippen LogP) is 1.24. The lowest BCUT2D eigenvalue weighted by molar-refractivity contribution is -0.144. The lowest BCUT2D eigenvalue weighted by Gasteiger charge is -2.27. The molecule has 1 heterocycles. The highest BCUT2D eigenvalue weighted by molar-refractivity contribution is 5.85. The van der Waals surface area contributed by atoms with E-state index in [9.17, 15) is 9.59 Å². The van der Waals surface area contributed by atoms with Gasteiger partial charge in [0.05, 0.1) is 6.42 Å². The van der Waals surface area contributed by atoms with Crippen LogP contribution in [0.25, 0.3) is 0 Å². The van der Waals surface area contributed by atoms with Crippen molar-refractivity contribution < 1.29 is 14.7 Å². The SMILES string of the molecule is CC(C)(C)C(NC(=O)Cc1ccncc1)C(=O)O. The van der Waals surface area contributed by atoms with E-state index in [4.69, 9.17) is 5.11 Å². The first kappa shape index (κ1) is 14.2. The second-order valence-electron chi connectivity index (χ2n) is 5.24. The lowest BCUT2D eigenvalue weighted by atomic mass is 9.86. The Morgan fingerprint density at radius 1 is 1.33 bits per heavy atom. The zero-order valence-electron chi connectivity index (χ0n) is 10.8. The molecule has 0 saturated heterocycles. The number of aromatic nitrogens is 1. The minimum absolute atomic E-state index is 0.155. The van der Waals surface area contributed by atoms with Gasteiger partial charge >= 0.3 is 5.97 Å². The Balaban J connectivity index is 2.66. The highest BCUT2D eigenvalue weighted by atomic mass is 16.4. The molecular weight excluding hydrogens is 232 g/mol. The Bertz CT molecular complexity index is 424. The van der Waals surface area contributed by atoms with Crippen molar-refractivity contribution in [2.75, 3.05) is 0 Å². The molecule has 0 fully saturated rings. The number of nitrogens with one attached hydrogen (secondary N) is 1. The van der Waals surface area contributed by atoms with Crippen molar-refractivity contribution >= 4 is 11.9 Å². The van der Waals surface area contributed by atoms with Crippen LogP contribution in [0.1, 0.15) is 26.3 Å². The Labute approximate surface area is 106 Å². The van der Waals surface area contributed by atoms with Crippen LogP contribution in [0.5, 0.6) is 0 Å². The molecule has 1 unspecified atom stereocenters. The molecule has 0 radical (unpaired) electrons. The fourth-order valence-electron chi connectivity index (χ4n) is 1.55. The van der Waals surface area contributed by atoms with E-state index in [0.29, 0.717) is 0 Å². The number of nitrogens with zero attached hydrogens (tertiary/aromatic N) is 1. The Morgan fingerprint density at radius 3 is 2.33 bits per heavy atom. The number of carbonyl (C=O) groups is 2. The molecule has 1 aromatic rings. The van der Waals surface area contributed by atoms with Gasteiger partial charge in [-0.15, -0.1) is 0 Å². The molecule has 0 aromatic carbocycles. The quantitative estimate of drug-likeness (QED) is 0.842. The fourth-order valence-corrected chi connectivity index (χ4v) is 1.55. The standard InChI is InChI=1S/C13H18N2O3/c1-13(2,3)11(12(17)18)15-10(16)8-9-4-6-14-7-5-9/h4-7,11H,8H2,1-3H3,(H,15,16)(H,17,18). The molecule has 5 heteroatoms. The maximum absolute atomic E-state index is 11.8. The van der Waals surface area contributed by atoms with Gasteiger partial charge in [0, 0.05) is 12.4 Å². The van der Waals surface area contributed by atoms with Crippen molar-refractivity contribution in [3.8, 4) is 0 Å². The van der Waals surface area contributed by atoms with Crippen LogP contribution < -0.4 is 5.32 Å². The van der Waals surface area contributed by atoms with Gasteiger partial charge in [0.15, 0.2) is 0 Å². The predicted molar refractivity (Wildman–Crippen MR) is 67.0 cm³/mol. The molecule has 1 atom stereocenters.